The SMILES string of the molecule is CCCC(CC(C)CC)C(C(CCC)CC(C)CC)(C(F)(F)F)C(F)(F)F. The molecule has 0 saturated carbocycles. The smallest absolute Gasteiger partial charge is 0.170 e. The highest BCUT2D eigenvalue weighted by Crippen LogP contribution is 2.63. The van der Waals surface area contributed by atoms with Gasteiger partial charge < -0.3 is 0 Å². The minimum atomic E-state index is -5.31. The van der Waals surface area contributed by atoms with Gasteiger partial charge >= 0.3 is 12.4 Å². The summed E-state index contributed by atoms with van der Waals surface area (Å²) in [5, 5.41) is 0. The van der Waals surface area contributed by atoms with Gasteiger partial charge in [-0.15, -0.1) is 0 Å². The van der Waals surface area contributed by atoms with Gasteiger partial charge in [-0.05, 0) is 49.4 Å². The monoisotopic (exact) mass is 404 g/mol. The van der Waals surface area contributed by atoms with Crippen molar-refractivity contribution in [3.8, 4) is 0 Å². The Labute approximate surface area is 161 Å². The molecule has 164 valence electrons. The predicted molar refractivity (Wildman–Crippen MR) is 99.5 cm³/mol. The predicted octanol–water partition coefficient (Wildman–Crippen LogP) is 8.80. The number of hydrogen-bond acceptors (Lipinski definition) is 0. The second-order valence-corrected chi connectivity index (χ2v) is 8.33. The Balaban J connectivity index is 6.61. The molecule has 4 unspecified atom stereocenters. The molecule has 0 fully saturated rings. The first-order chi connectivity index (χ1) is 12.3. The molecule has 0 rings (SSSR count). The van der Waals surface area contributed by atoms with E-state index in [2.05, 4.69) is 0 Å². The zero-order valence-corrected chi connectivity index (χ0v) is 17.7. The van der Waals surface area contributed by atoms with Crippen molar-refractivity contribution in [1.82, 2.24) is 0 Å². The molecular weight excluding hydrogens is 366 g/mol. The Bertz CT molecular complexity index is 360. The lowest BCUT2D eigenvalue weighted by Crippen LogP contribution is -2.60. The molecule has 27 heavy (non-hydrogen) atoms. The third-order valence-corrected chi connectivity index (χ3v) is 6.27. The first-order valence-electron chi connectivity index (χ1n) is 10.5. The fourth-order valence-electron chi connectivity index (χ4n) is 4.48. The Morgan fingerprint density at radius 3 is 1.07 bits per heavy atom. The molecule has 0 amide bonds. The van der Waals surface area contributed by atoms with E-state index in [0.717, 1.165) is 0 Å². The highest BCUT2D eigenvalue weighted by molar-refractivity contribution is 5.03. The zero-order chi connectivity index (χ0) is 21.5. The van der Waals surface area contributed by atoms with E-state index < -0.39 is 29.6 Å². The first-order valence-corrected chi connectivity index (χ1v) is 10.5. The maximum atomic E-state index is 14.4. The summed E-state index contributed by atoms with van der Waals surface area (Å²) in [6, 6.07) is 0. The molecule has 0 nitrogen and oxygen atoms in total. The zero-order valence-electron chi connectivity index (χ0n) is 17.7. The highest BCUT2D eigenvalue weighted by Gasteiger charge is 2.75. The number of rotatable bonds is 12. The van der Waals surface area contributed by atoms with Crippen molar-refractivity contribution >= 4 is 0 Å². The fraction of sp³-hybridized carbons (Fsp3) is 1.00. The van der Waals surface area contributed by atoms with Gasteiger partial charge in [-0.3, -0.25) is 0 Å². The molecule has 0 aromatic rings. The van der Waals surface area contributed by atoms with Gasteiger partial charge in [0.1, 0.15) is 0 Å². The van der Waals surface area contributed by atoms with E-state index in [1.807, 2.05) is 13.8 Å². The molecule has 0 saturated heterocycles. The summed E-state index contributed by atoms with van der Waals surface area (Å²) in [6.07, 6.45) is -9.01. The van der Waals surface area contributed by atoms with E-state index in [-0.39, 0.29) is 37.5 Å². The maximum absolute atomic E-state index is 14.4. The van der Waals surface area contributed by atoms with Gasteiger partial charge in [0.25, 0.3) is 0 Å². The van der Waals surface area contributed by atoms with Gasteiger partial charge in [0.2, 0.25) is 0 Å². The second-order valence-electron chi connectivity index (χ2n) is 8.33. The summed E-state index contributed by atoms with van der Waals surface area (Å²) in [5.41, 5.74) is -3.63. The van der Waals surface area contributed by atoms with E-state index in [1.54, 1.807) is 27.7 Å². The van der Waals surface area contributed by atoms with Crippen molar-refractivity contribution in [1.29, 1.82) is 0 Å². The molecule has 0 aliphatic rings. The summed E-state index contributed by atoms with van der Waals surface area (Å²) in [6.45, 7) is 10.5. The van der Waals surface area contributed by atoms with Gasteiger partial charge in [-0.1, -0.05) is 67.2 Å². The Kier molecular flexibility index (Phi) is 10.8. The van der Waals surface area contributed by atoms with E-state index in [4.69, 9.17) is 0 Å². The fourth-order valence-corrected chi connectivity index (χ4v) is 4.48. The molecule has 0 aliphatic heterocycles. The summed E-state index contributed by atoms with van der Waals surface area (Å²) >= 11 is 0. The van der Waals surface area contributed by atoms with Crippen molar-refractivity contribution in [3.05, 3.63) is 0 Å². The van der Waals surface area contributed by atoms with Crippen LogP contribution in [0.4, 0.5) is 26.3 Å². The minimum Gasteiger partial charge on any atom is -0.170 e. The summed E-state index contributed by atoms with van der Waals surface area (Å²) < 4.78 is 86.4. The Morgan fingerprint density at radius 1 is 0.593 bits per heavy atom. The molecule has 0 N–H and O–H groups in total. The molecule has 6 heteroatoms. The number of halogens is 6. The van der Waals surface area contributed by atoms with Gasteiger partial charge in [0.15, 0.2) is 5.41 Å². The average molecular weight is 405 g/mol. The lowest BCUT2D eigenvalue weighted by molar-refractivity contribution is -0.380. The average Bonchev–Trinajstić information content (AvgIpc) is 2.52. The van der Waals surface area contributed by atoms with Crippen LogP contribution in [-0.4, -0.2) is 12.4 Å². The van der Waals surface area contributed by atoms with Crippen molar-refractivity contribution < 1.29 is 26.3 Å². The highest BCUT2D eigenvalue weighted by atomic mass is 19.4. The summed E-state index contributed by atoms with van der Waals surface area (Å²) in [7, 11) is 0. The van der Waals surface area contributed by atoms with E-state index in [1.165, 1.54) is 0 Å². The van der Waals surface area contributed by atoms with Crippen LogP contribution in [0.1, 0.15) is 92.9 Å². The number of hydrogen-bond donors (Lipinski definition) is 0. The third kappa shape index (κ3) is 6.28. The normalized spacial score (nSPS) is 18.2. The number of alkyl halides is 6. The molecule has 0 spiro atoms. The van der Waals surface area contributed by atoms with Gasteiger partial charge in [0.05, 0.1) is 0 Å². The van der Waals surface area contributed by atoms with Gasteiger partial charge in [-0.25, -0.2) is 0 Å². The van der Waals surface area contributed by atoms with Crippen LogP contribution in [0.25, 0.3) is 0 Å². The second kappa shape index (κ2) is 10.9. The summed E-state index contributed by atoms with van der Waals surface area (Å²) in [4.78, 5) is 0. The molecular formula is C21H38F6. The van der Waals surface area contributed by atoms with Crippen LogP contribution < -0.4 is 0 Å². The molecule has 0 aromatic heterocycles. The summed E-state index contributed by atoms with van der Waals surface area (Å²) in [5.74, 6) is -3.20. The van der Waals surface area contributed by atoms with Gasteiger partial charge in [0, 0.05) is 0 Å². The van der Waals surface area contributed by atoms with Crippen LogP contribution in [0.2, 0.25) is 0 Å². The van der Waals surface area contributed by atoms with Crippen LogP contribution in [-0.2, 0) is 0 Å². The van der Waals surface area contributed by atoms with Crippen LogP contribution in [0.3, 0.4) is 0 Å². The molecule has 0 heterocycles. The van der Waals surface area contributed by atoms with Crippen molar-refractivity contribution in [2.45, 2.75) is 105 Å². The molecule has 0 aromatic carbocycles. The first kappa shape index (κ1) is 26.6. The lowest BCUT2D eigenvalue weighted by Gasteiger charge is -2.49. The molecule has 4 atom stereocenters. The lowest BCUT2D eigenvalue weighted by atomic mass is 9.58. The van der Waals surface area contributed by atoms with Gasteiger partial charge in [-0.2, -0.15) is 26.3 Å². The largest absolute Gasteiger partial charge is 0.403 e. The van der Waals surface area contributed by atoms with E-state index in [0.29, 0.717) is 25.7 Å². The third-order valence-electron chi connectivity index (χ3n) is 6.27. The van der Waals surface area contributed by atoms with Crippen LogP contribution in [0.5, 0.6) is 0 Å². The molecule has 0 bridgehead atoms. The van der Waals surface area contributed by atoms with Crippen LogP contribution in [0.15, 0.2) is 0 Å². The quantitative estimate of drug-likeness (QED) is 0.285. The standard InChI is InChI=1S/C21H38F6/c1-7-11-17(13-15(5)9-3)19(20(22,23)24,21(25,26)27)18(12-8-2)14-16(6)10-4/h15-18H,7-14H2,1-6H3. The Hall–Kier alpha value is -0.420. The van der Waals surface area contributed by atoms with Crippen LogP contribution in [0, 0.1) is 29.1 Å². The minimum absolute atomic E-state index is 0.0376. The molecule has 0 radical (unpaired) electrons. The topological polar surface area (TPSA) is 0 Å². The Morgan fingerprint density at radius 2 is 0.889 bits per heavy atom. The van der Waals surface area contributed by atoms with Crippen molar-refractivity contribution in [2.24, 2.45) is 29.1 Å². The van der Waals surface area contributed by atoms with E-state index >= 15 is 0 Å². The van der Waals surface area contributed by atoms with E-state index in [9.17, 15) is 26.3 Å². The van der Waals surface area contributed by atoms with Crippen LogP contribution >= 0.6 is 0 Å². The molecule has 0 aliphatic carbocycles. The van der Waals surface area contributed by atoms with Crippen molar-refractivity contribution in [2.75, 3.05) is 0 Å². The maximum Gasteiger partial charge on any atom is 0.403 e. The van der Waals surface area contributed by atoms with Crippen molar-refractivity contribution in [3.63, 3.8) is 0 Å².